The zero-order valence-corrected chi connectivity index (χ0v) is 23.0. The van der Waals surface area contributed by atoms with Gasteiger partial charge in [-0.15, -0.1) is 0 Å². The molecule has 1 aromatic heterocycles. The lowest BCUT2D eigenvalue weighted by molar-refractivity contribution is -0.0299. The average Bonchev–Trinajstić information content (AvgIpc) is 3.77. The zero-order chi connectivity index (χ0) is 27.9. The highest BCUT2D eigenvalue weighted by Crippen LogP contribution is 2.45. The zero-order valence-electron chi connectivity index (χ0n) is 22.2. The number of carboxylic acids is 1. The summed E-state index contributed by atoms with van der Waals surface area (Å²) in [4.78, 5) is 24.6. The SMILES string of the molecule is O=C(O)c1cc(F)ccc1Oc1cncnc1N1CC2(CCN(C[C@@H]3CC[C@@H](NS(=O)(=O)C4CC4)CO3)CC2)C1. The van der Waals surface area contributed by atoms with Crippen molar-refractivity contribution < 1.29 is 32.2 Å². The molecular weight excluding hydrogens is 541 g/mol. The number of nitrogens with zero attached hydrogens (tertiary/aromatic N) is 4. The van der Waals surface area contributed by atoms with Gasteiger partial charge < -0.3 is 24.4 Å². The van der Waals surface area contributed by atoms with Crippen LogP contribution < -0.4 is 14.4 Å². The molecule has 3 saturated heterocycles. The Bertz CT molecular complexity index is 1350. The number of halogens is 1. The summed E-state index contributed by atoms with van der Waals surface area (Å²) in [5.74, 6) is -0.979. The predicted molar refractivity (Wildman–Crippen MR) is 144 cm³/mol. The van der Waals surface area contributed by atoms with Gasteiger partial charge in [0.25, 0.3) is 0 Å². The van der Waals surface area contributed by atoms with Gasteiger partial charge in [-0.25, -0.2) is 32.3 Å². The van der Waals surface area contributed by atoms with Crippen molar-refractivity contribution in [1.29, 1.82) is 0 Å². The fraction of sp³-hybridized carbons (Fsp3) is 0.593. The van der Waals surface area contributed by atoms with Gasteiger partial charge in [0.05, 0.1) is 24.2 Å². The van der Waals surface area contributed by atoms with E-state index in [9.17, 15) is 22.7 Å². The Morgan fingerprint density at radius 3 is 2.62 bits per heavy atom. The van der Waals surface area contributed by atoms with Crippen LogP contribution in [0.1, 0.15) is 48.9 Å². The topological polar surface area (TPSA) is 134 Å². The van der Waals surface area contributed by atoms with Crippen molar-refractivity contribution in [2.45, 2.75) is 55.9 Å². The van der Waals surface area contributed by atoms with E-state index in [2.05, 4.69) is 24.5 Å². The highest BCUT2D eigenvalue weighted by Gasteiger charge is 2.46. The predicted octanol–water partition coefficient (Wildman–Crippen LogP) is 2.64. The van der Waals surface area contributed by atoms with Gasteiger partial charge in [-0.05, 0) is 69.8 Å². The van der Waals surface area contributed by atoms with Crippen LogP contribution in [-0.4, -0.2) is 91.1 Å². The van der Waals surface area contributed by atoms with Gasteiger partial charge in [0.1, 0.15) is 23.5 Å². The third kappa shape index (κ3) is 5.92. The monoisotopic (exact) mass is 575 g/mol. The number of hydrogen-bond acceptors (Lipinski definition) is 9. The van der Waals surface area contributed by atoms with Crippen LogP contribution in [0.3, 0.4) is 0 Å². The fourth-order valence-electron chi connectivity index (χ4n) is 5.97. The van der Waals surface area contributed by atoms with Gasteiger partial charge in [-0.3, -0.25) is 0 Å². The van der Waals surface area contributed by atoms with Gasteiger partial charge in [0, 0.05) is 31.1 Å². The molecule has 0 unspecified atom stereocenters. The molecule has 2 atom stereocenters. The summed E-state index contributed by atoms with van der Waals surface area (Å²) in [5.41, 5.74) is -0.0836. The minimum Gasteiger partial charge on any atom is -0.478 e. The van der Waals surface area contributed by atoms with Crippen molar-refractivity contribution in [1.82, 2.24) is 19.6 Å². The molecule has 2 aromatic rings. The second-order valence-corrected chi connectivity index (χ2v) is 13.5. The van der Waals surface area contributed by atoms with E-state index in [1.165, 1.54) is 18.6 Å². The molecular formula is C27H34FN5O6S. The first-order valence-corrected chi connectivity index (χ1v) is 15.4. The van der Waals surface area contributed by atoms with Crippen molar-refractivity contribution in [2.75, 3.05) is 44.2 Å². The normalized spacial score (nSPS) is 25.0. The lowest BCUT2D eigenvalue weighted by Gasteiger charge is -2.54. The molecule has 4 heterocycles. The highest BCUT2D eigenvalue weighted by molar-refractivity contribution is 7.90. The second kappa shape index (κ2) is 10.8. The molecule has 216 valence electrons. The van der Waals surface area contributed by atoms with Crippen molar-refractivity contribution in [3.05, 3.63) is 42.1 Å². The molecule has 1 aromatic carbocycles. The lowest BCUT2D eigenvalue weighted by atomic mass is 9.72. The number of carboxylic acid groups (broad SMARTS) is 1. The summed E-state index contributed by atoms with van der Waals surface area (Å²) in [6.45, 7) is 4.85. The fourth-order valence-corrected chi connectivity index (χ4v) is 7.57. The first-order chi connectivity index (χ1) is 19.2. The Hall–Kier alpha value is -2.87. The van der Waals surface area contributed by atoms with Gasteiger partial charge >= 0.3 is 5.97 Å². The number of carbonyl (C=O) groups is 1. The first-order valence-electron chi connectivity index (χ1n) is 13.8. The number of nitrogens with one attached hydrogen (secondary N) is 1. The van der Waals surface area contributed by atoms with Crippen LogP contribution in [0.5, 0.6) is 11.5 Å². The van der Waals surface area contributed by atoms with Crippen molar-refractivity contribution >= 4 is 21.8 Å². The van der Waals surface area contributed by atoms with E-state index in [1.54, 1.807) is 0 Å². The summed E-state index contributed by atoms with van der Waals surface area (Å²) < 4.78 is 52.7. The van der Waals surface area contributed by atoms with E-state index in [4.69, 9.17) is 9.47 Å². The van der Waals surface area contributed by atoms with Crippen molar-refractivity contribution in [2.24, 2.45) is 5.41 Å². The summed E-state index contributed by atoms with van der Waals surface area (Å²) >= 11 is 0. The molecule has 13 heteroatoms. The number of rotatable bonds is 9. The van der Waals surface area contributed by atoms with Crippen LogP contribution in [0, 0.1) is 11.2 Å². The summed E-state index contributed by atoms with van der Waals surface area (Å²) in [7, 11) is -3.19. The lowest BCUT2D eigenvalue weighted by Crippen LogP contribution is -2.61. The van der Waals surface area contributed by atoms with Crippen molar-refractivity contribution in [3.8, 4) is 11.5 Å². The Balaban J connectivity index is 0.987. The number of ether oxygens (including phenoxy) is 2. The molecule has 2 N–H and O–H groups in total. The molecule has 1 saturated carbocycles. The Morgan fingerprint density at radius 1 is 1.18 bits per heavy atom. The number of hydrogen-bond donors (Lipinski definition) is 2. The largest absolute Gasteiger partial charge is 0.478 e. The number of sulfonamides is 1. The molecule has 11 nitrogen and oxygen atoms in total. The Labute approximate surface area is 232 Å². The number of anilines is 1. The molecule has 0 amide bonds. The smallest absolute Gasteiger partial charge is 0.339 e. The molecule has 40 heavy (non-hydrogen) atoms. The van der Waals surface area contributed by atoms with Gasteiger partial charge in [0.2, 0.25) is 10.0 Å². The first kappa shape index (κ1) is 27.3. The van der Waals surface area contributed by atoms with Crippen LogP contribution in [0.15, 0.2) is 30.7 Å². The number of piperidine rings is 1. The molecule has 0 radical (unpaired) electrons. The minimum absolute atomic E-state index is 0.0325. The highest BCUT2D eigenvalue weighted by atomic mass is 32.2. The van der Waals surface area contributed by atoms with Gasteiger partial charge in [-0.2, -0.15) is 0 Å². The average molecular weight is 576 g/mol. The van der Waals surface area contributed by atoms with Crippen LogP contribution in [0.25, 0.3) is 0 Å². The van der Waals surface area contributed by atoms with E-state index in [-0.39, 0.29) is 34.1 Å². The molecule has 4 aliphatic rings. The Morgan fingerprint density at radius 2 is 1.95 bits per heavy atom. The standard InChI is InChI=1S/C27H34FN5O6S/c28-18-1-6-23(22(11-18)26(34)35)39-24-12-29-17-30-25(24)33-15-27(16-33)7-9-32(10-8-27)13-20-3-2-19(14-38-20)31-40(36,37)21-4-5-21/h1,6,11-12,17,19-21,31H,2-5,7-10,13-16H2,(H,34,35)/t19-,20+/m1/s1. The number of benzene rings is 1. The van der Waals surface area contributed by atoms with E-state index in [0.29, 0.717) is 18.2 Å². The van der Waals surface area contributed by atoms with Crippen LogP contribution in [-0.2, 0) is 14.8 Å². The molecule has 1 aliphatic carbocycles. The second-order valence-electron chi connectivity index (χ2n) is 11.5. The maximum Gasteiger partial charge on any atom is 0.339 e. The van der Waals surface area contributed by atoms with Crippen LogP contribution in [0.2, 0.25) is 0 Å². The summed E-state index contributed by atoms with van der Waals surface area (Å²) in [6, 6.07) is 3.26. The number of aromatic carboxylic acids is 1. The molecule has 6 rings (SSSR count). The van der Waals surface area contributed by atoms with Crippen LogP contribution in [0.4, 0.5) is 10.2 Å². The number of likely N-dealkylation sites (tertiary alicyclic amines) is 1. The summed E-state index contributed by atoms with van der Waals surface area (Å²) in [6.07, 6.45) is 8.32. The van der Waals surface area contributed by atoms with E-state index in [0.717, 1.165) is 83.4 Å². The summed E-state index contributed by atoms with van der Waals surface area (Å²) in [5, 5.41) is 9.24. The van der Waals surface area contributed by atoms with E-state index < -0.39 is 21.8 Å². The van der Waals surface area contributed by atoms with Crippen LogP contribution >= 0.6 is 0 Å². The molecule has 1 spiro atoms. The maximum atomic E-state index is 13.6. The van der Waals surface area contributed by atoms with Crippen molar-refractivity contribution in [3.63, 3.8) is 0 Å². The molecule has 4 fully saturated rings. The third-order valence-electron chi connectivity index (χ3n) is 8.45. The maximum absolute atomic E-state index is 13.6. The molecule has 3 aliphatic heterocycles. The quantitative estimate of drug-likeness (QED) is 0.460. The van der Waals surface area contributed by atoms with E-state index in [1.807, 2.05) is 0 Å². The van der Waals surface area contributed by atoms with E-state index >= 15 is 0 Å². The van der Waals surface area contributed by atoms with Gasteiger partial charge in [-0.1, -0.05) is 0 Å². The molecule has 0 bridgehead atoms. The Kier molecular flexibility index (Phi) is 7.40. The number of aromatic nitrogens is 2. The van der Waals surface area contributed by atoms with Gasteiger partial charge in [0.15, 0.2) is 11.6 Å². The minimum atomic E-state index is -3.19. The third-order valence-corrected chi connectivity index (χ3v) is 10.5.